The molecular formula is C14H15F3O. The van der Waals surface area contributed by atoms with E-state index in [-0.39, 0.29) is 11.7 Å². The number of rotatable bonds is 2. The van der Waals surface area contributed by atoms with Gasteiger partial charge in [-0.05, 0) is 25.0 Å². The van der Waals surface area contributed by atoms with Gasteiger partial charge >= 0.3 is 6.18 Å². The molecule has 4 heteroatoms. The van der Waals surface area contributed by atoms with Crippen LogP contribution in [-0.4, -0.2) is 5.78 Å². The van der Waals surface area contributed by atoms with Crippen LogP contribution in [-0.2, 0) is 6.18 Å². The summed E-state index contributed by atoms with van der Waals surface area (Å²) in [6.07, 6.45) is 0.608. The van der Waals surface area contributed by atoms with E-state index in [0.717, 1.165) is 44.2 Å². The molecule has 1 saturated carbocycles. The smallest absolute Gasteiger partial charge is 0.294 e. The molecule has 0 spiro atoms. The van der Waals surface area contributed by atoms with E-state index in [1.165, 1.54) is 12.1 Å². The van der Waals surface area contributed by atoms with E-state index in [1.54, 1.807) is 0 Å². The first-order valence-corrected chi connectivity index (χ1v) is 6.20. The Morgan fingerprint density at radius 1 is 1.00 bits per heavy atom. The number of alkyl halides is 3. The molecule has 0 atom stereocenters. The predicted octanol–water partition coefficient (Wildman–Crippen LogP) is 4.47. The summed E-state index contributed by atoms with van der Waals surface area (Å²) in [4.78, 5) is 12.1. The number of hydrogen-bond donors (Lipinski definition) is 0. The van der Waals surface area contributed by atoms with Crippen LogP contribution in [0.15, 0.2) is 24.3 Å². The van der Waals surface area contributed by atoms with Crippen LogP contribution in [0, 0.1) is 5.92 Å². The van der Waals surface area contributed by atoms with Crippen LogP contribution in [0.1, 0.15) is 48.0 Å². The number of benzene rings is 1. The van der Waals surface area contributed by atoms with Crippen molar-refractivity contribution in [1.82, 2.24) is 0 Å². The average molecular weight is 256 g/mol. The Hall–Kier alpha value is -1.32. The van der Waals surface area contributed by atoms with Gasteiger partial charge in [0.05, 0.1) is 5.56 Å². The van der Waals surface area contributed by atoms with Gasteiger partial charge in [-0.25, -0.2) is 0 Å². The fraction of sp³-hybridized carbons (Fsp3) is 0.500. The van der Waals surface area contributed by atoms with E-state index in [9.17, 15) is 18.0 Å². The van der Waals surface area contributed by atoms with Crippen molar-refractivity contribution in [1.29, 1.82) is 0 Å². The lowest BCUT2D eigenvalue weighted by Gasteiger charge is -2.20. The maximum atomic E-state index is 12.4. The first-order valence-electron chi connectivity index (χ1n) is 6.20. The zero-order valence-corrected chi connectivity index (χ0v) is 9.96. The molecule has 1 fully saturated rings. The summed E-state index contributed by atoms with van der Waals surface area (Å²) in [5, 5.41) is 0. The predicted molar refractivity (Wildman–Crippen MR) is 62.3 cm³/mol. The van der Waals surface area contributed by atoms with Crippen molar-refractivity contribution in [2.75, 3.05) is 0 Å². The maximum Gasteiger partial charge on any atom is 0.416 e. The quantitative estimate of drug-likeness (QED) is 0.713. The van der Waals surface area contributed by atoms with E-state index in [1.807, 2.05) is 0 Å². The average Bonchev–Trinajstić information content (AvgIpc) is 2.38. The lowest BCUT2D eigenvalue weighted by Crippen LogP contribution is -2.18. The Morgan fingerprint density at radius 3 is 2.06 bits per heavy atom. The molecule has 1 aliphatic rings. The minimum absolute atomic E-state index is 0.00418. The molecule has 0 bridgehead atoms. The minimum atomic E-state index is -4.34. The van der Waals surface area contributed by atoms with E-state index < -0.39 is 11.7 Å². The van der Waals surface area contributed by atoms with Crippen molar-refractivity contribution in [2.45, 2.75) is 38.3 Å². The van der Waals surface area contributed by atoms with Gasteiger partial charge in [-0.2, -0.15) is 13.2 Å². The first kappa shape index (κ1) is 13.1. The Balaban J connectivity index is 2.11. The molecule has 0 saturated heterocycles. The van der Waals surface area contributed by atoms with Gasteiger partial charge in [-0.1, -0.05) is 31.4 Å². The molecule has 1 nitrogen and oxygen atoms in total. The van der Waals surface area contributed by atoms with E-state index in [0.29, 0.717) is 5.56 Å². The zero-order chi connectivity index (χ0) is 13.2. The molecule has 0 aromatic heterocycles. The maximum absolute atomic E-state index is 12.4. The number of hydrogen-bond acceptors (Lipinski definition) is 1. The highest BCUT2D eigenvalue weighted by atomic mass is 19.4. The standard InChI is InChI=1S/C14H15F3O/c15-14(16,17)12-8-6-11(7-9-12)13(18)10-4-2-1-3-5-10/h6-10H,1-5H2. The summed E-state index contributed by atoms with van der Waals surface area (Å²) in [5.74, 6) is -0.0149. The molecule has 0 aliphatic heterocycles. The zero-order valence-electron chi connectivity index (χ0n) is 9.96. The van der Waals surface area contributed by atoms with Gasteiger partial charge in [0, 0.05) is 11.5 Å². The van der Waals surface area contributed by atoms with Crippen molar-refractivity contribution in [2.24, 2.45) is 5.92 Å². The van der Waals surface area contributed by atoms with Gasteiger partial charge in [0.15, 0.2) is 5.78 Å². The first-order chi connectivity index (χ1) is 8.48. The van der Waals surface area contributed by atoms with E-state index in [2.05, 4.69) is 0 Å². The van der Waals surface area contributed by atoms with Gasteiger partial charge in [-0.15, -0.1) is 0 Å². The normalized spacial score (nSPS) is 17.7. The van der Waals surface area contributed by atoms with Gasteiger partial charge in [0.1, 0.15) is 0 Å². The SMILES string of the molecule is O=C(c1ccc(C(F)(F)F)cc1)C1CCCCC1. The Morgan fingerprint density at radius 2 is 1.56 bits per heavy atom. The lowest BCUT2D eigenvalue weighted by atomic mass is 9.84. The van der Waals surface area contributed by atoms with Gasteiger partial charge in [0.2, 0.25) is 0 Å². The lowest BCUT2D eigenvalue weighted by molar-refractivity contribution is -0.137. The van der Waals surface area contributed by atoms with Crippen LogP contribution in [0.25, 0.3) is 0 Å². The van der Waals surface area contributed by atoms with Crippen LogP contribution in [0.5, 0.6) is 0 Å². The largest absolute Gasteiger partial charge is 0.416 e. The van der Waals surface area contributed by atoms with Gasteiger partial charge in [0.25, 0.3) is 0 Å². The monoisotopic (exact) mass is 256 g/mol. The number of carbonyl (C=O) groups excluding carboxylic acids is 1. The minimum Gasteiger partial charge on any atom is -0.294 e. The summed E-state index contributed by atoms with van der Waals surface area (Å²) in [7, 11) is 0. The van der Waals surface area contributed by atoms with Crippen molar-refractivity contribution in [3.63, 3.8) is 0 Å². The second-order valence-corrected chi connectivity index (χ2v) is 4.77. The number of Topliss-reactive ketones (excluding diaryl/α,β-unsaturated/α-hetero) is 1. The third kappa shape index (κ3) is 2.92. The number of halogens is 3. The second-order valence-electron chi connectivity index (χ2n) is 4.77. The molecule has 0 radical (unpaired) electrons. The van der Waals surface area contributed by atoms with Gasteiger partial charge < -0.3 is 0 Å². The molecule has 18 heavy (non-hydrogen) atoms. The molecule has 0 amide bonds. The summed E-state index contributed by atoms with van der Waals surface area (Å²) in [5.41, 5.74) is -0.308. The van der Waals surface area contributed by atoms with Crippen molar-refractivity contribution in [3.05, 3.63) is 35.4 Å². The number of carbonyl (C=O) groups is 1. The van der Waals surface area contributed by atoms with Crippen LogP contribution in [0.2, 0.25) is 0 Å². The highest BCUT2D eigenvalue weighted by Gasteiger charge is 2.30. The molecule has 98 valence electrons. The second kappa shape index (κ2) is 5.12. The van der Waals surface area contributed by atoms with Crippen molar-refractivity contribution in [3.8, 4) is 0 Å². The number of ketones is 1. The third-order valence-corrected chi connectivity index (χ3v) is 3.47. The van der Waals surface area contributed by atoms with Crippen LogP contribution < -0.4 is 0 Å². The van der Waals surface area contributed by atoms with Crippen molar-refractivity contribution >= 4 is 5.78 Å². The van der Waals surface area contributed by atoms with Crippen LogP contribution in [0.4, 0.5) is 13.2 Å². The fourth-order valence-electron chi connectivity index (χ4n) is 2.42. The van der Waals surface area contributed by atoms with Crippen LogP contribution in [0.3, 0.4) is 0 Å². The molecule has 2 rings (SSSR count). The van der Waals surface area contributed by atoms with Crippen molar-refractivity contribution < 1.29 is 18.0 Å². The van der Waals surface area contributed by atoms with E-state index in [4.69, 9.17) is 0 Å². The summed E-state index contributed by atoms with van der Waals surface area (Å²) in [6.45, 7) is 0. The Labute approximate surface area is 104 Å². The fourth-order valence-corrected chi connectivity index (χ4v) is 2.42. The Bertz CT molecular complexity index is 414. The molecule has 0 unspecified atom stereocenters. The topological polar surface area (TPSA) is 17.1 Å². The highest BCUT2D eigenvalue weighted by Crippen LogP contribution is 2.31. The summed E-state index contributed by atoms with van der Waals surface area (Å²) >= 11 is 0. The molecule has 1 aliphatic carbocycles. The third-order valence-electron chi connectivity index (χ3n) is 3.47. The molecule has 0 heterocycles. The van der Waals surface area contributed by atoms with Crippen LogP contribution >= 0.6 is 0 Å². The highest BCUT2D eigenvalue weighted by molar-refractivity contribution is 5.97. The summed E-state index contributed by atoms with van der Waals surface area (Å²) in [6, 6.07) is 4.55. The summed E-state index contributed by atoms with van der Waals surface area (Å²) < 4.78 is 37.2. The molecule has 0 N–H and O–H groups in total. The molecular weight excluding hydrogens is 241 g/mol. The Kier molecular flexibility index (Phi) is 3.73. The molecule has 1 aromatic carbocycles. The van der Waals surface area contributed by atoms with Gasteiger partial charge in [-0.3, -0.25) is 4.79 Å². The van der Waals surface area contributed by atoms with E-state index >= 15 is 0 Å². The molecule has 1 aromatic rings.